The van der Waals surface area contributed by atoms with E-state index in [0.29, 0.717) is 0 Å². The molecule has 21 heavy (non-hydrogen) atoms. The Bertz CT molecular complexity index is 658. The van der Waals surface area contributed by atoms with E-state index in [0.717, 1.165) is 33.9 Å². The molecule has 1 heterocycles. The number of nitrogen functional groups attached to an aromatic ring is 1. The normalized spacial score (nSPS) is 11.5. The Balaban J connectivity index is 2.36. The average molecular weight is 314 g/mol. The summed E-state index contributed by atoms with van der Waals surface area (Å²) >= 11 is 1.12. The van der Waals surface area contributed by atoms with Crippen LogP contribution < -0.4 is 11.3 Å². The fourth-order valence-corrected chi connectivity index (χ4v) is 2.50. The summed E-state index contributed by atoms with van der Waals surface area (Å²) in [6.45, 7) is 3.90. The van der Waals surface area contributed by atoms with Crippen molar-refractivity contribution in [2.24, 2.45) is 5.84 Å². The predicted molar refractivity (Wildman–Crippen MR) is 74.9 cm³/mol. The topological polar surface area (TPSA) is 63.8 Å². The lowest BCUT2D eigenvalue weighted by Crippen LogP contribution is -2.15. The van der Waals surface area contributed by atoms with Crippen molar-refractivity contribution in [1.29, 1.82) is 0 Å². The third kappa shape index (κ3) is 3.85. The highest BCUT2D eigenvalue weighted by Gasteiger charge is 2.33. The van der Waals surface area contributed by atoms with Crippen molar-refractivity contribution in [3.63, 3.8) is 0 Å². The molecule has 0 amide bonds. The highest BCUT2D eigenvalue weighted by molar-refractivity contribution is 7.99. The molecule has 2 aromatic rings. The summed E-state index contributed by atoms with van der Waals surface area (Å²) in [6.07, 6.45) is -4.55. The van der Waals surface area contributed by atoms with Gasteiger partial charge < -0.3 is 0 Å². The summed E-state index contributed by atoms with van der Waals surface area (Å²) < 4.78 is 38.3. The van der Waals surface area contributed by atoms with Gasteiger partial charge in [0.1, 0.15) is 5.03 Å². The molecule has 0 fully saturated rings. The average Bonchev–Trinajstić information content (AvgIpc) is 2.41. The van der Waals surface area contributed by atoms with Gasteiger partial charge in [0.05, 0.1) is 0 Å². The molecule has 0 unspecified atom stereocenters. The number of benzene rings is 1. The minimum absolute atomic E-state index is 0.175. The fourth-order valence-electron chi connectivity index (χ4n) is 1.59. The van der Waals surface area contributed by atoms with Gasteiger partial charge in [0.15, 0.2) is 5.69 Å². The second-order valence-corrected chi connectivity index (χ2v) is 5.50. The van der Waals surface area contributed by atoms with Crippen LogP contribution in [0.4, 0.5) is 19.1 Å². The van der Waals surface area contributed by atoms with Crippen LogP contribution in [0.3, 0.4) is 0 Å². The molecule has 0 aliphatic rings. The van der Waals surface area contributed by atoms with Crippen LogP contribution in [0, 0.1) is 13.8 Å². The second-order valence-electron chi connectivity index (χ2n) is 4.41. The lowest BCUT2D eigenvalue weighted by Gasteiger charge is -2.10. The van der Waals surface area contributed by atoms with Gasteiger partial charge in [-0.15, -0.1) is 0 Å². The van der Waals surface area contributed by atoms with Gasteiger partial charge in [-0.3, -0.25) is 5.43 Å². The van der Waals surface area contributed by atoms with Crippen LogP contribution in [0.5, 0.6) is 0 Å². The Morgan fingerprint density at radius 3 is 2.38 bits per heavy atom. The smallest absolute Gasteiger partial charge is 0.292 e. The van der Waals surface area contributed by atoms with Crippen LogP contribution in [0.25, 0.3) is 0 Å². The molecule has 0 atom stereocenters. The number of alkyl halides is 3. The molecule has 0 spiro atoms. The van der Waals surface area contributed by atoms with Crippen molar-refractivity contribution in [3.05, 3.63) is 41.1 Å². The van der Waals surface area contributed by atoms with Crippen LogP contribution in [0.1, 0.15) is 16.8 Å². The number of halogens is 3. The molecule has 1 aromatic carbocycles. The summed E-state index contributed by atoms with van der Waals surface area (Å²) in [5.74, 6) is 4.85. The lowest BCUT2D eigenvalue weighted by atomic mass is 10.1. The van der Waals surface area contributed by atoms with E-state index in [-0.39, 0.29) is 11.0 Å². The van der Waals surface area contributed by atoms with Crippen LogP contribution >= 0.6 is 11.8 Å². The maximum atomic E-state index is 12.8. The Morgan fingerprint density at radius 1 is 1.10 bits per heavy atom. The van der Waals surface area contributed by atoms with E-state index in [1.807, 2.05) is 32.0 Å². The van der Waals surface area contributed by atoms with Crippen molar-refractivity contribution >= 4 is 17.7 Å². The van der Waals surface area contributed by atoms with Crippen LogP contribution in [0.15, 0.2) is 34.2 Å². The molecular formula is C13H13F3N4S. The van der Waals surface area contributed by atoms with Crippen molar-refractivity contribution in [2.75, 3.05) is 5.43 Å². The van der Waals surface area contributed by atoms with Gasteiger partial charge in [-0.1, -0.05) is 17.8 Å². The minimum Gasteiger partial charge on any atom is -0.292 e. The summed E-state index contributed by atoms with van der Waals surface area (Å²) in [5.41, 5.74) is 3.19. The van der Waals surface area contributed by atoms with Crippen molar-refractivity contribution in [1.82, 2.24) is 9.97 Å². The molecule has 0 radical (unpaired) electrons. The maximum absolute atomic E-state index is 12.8. The maximum Gasteiger partial charge on any atom is 0.433 e. The molecule has 8 heteroatoms. The highest BCUT2D eigenvalue weighted by atomic mass is 32.2. The number of hydrogen-bond acceptors (Lipinski definition) is 5. The molecule has 0 saturated carbocycles. The summed E-state index contributed by atoms with van der Waals surface area (Å²) in [7, 11) is 0. The molecule has 0 bridgehead atoms. The number of aromatic nitrogens is 2. The first kappa shape index (κ1) is 15.6. The zero-order valence-electron chi connectivity index (χ0n) is 11.3. The Morgan fingerprint density at radius 2 is 1.81 bits per heavy atom. The van der Waals surface area contributed by atoms with Crippen LogP contribution in [-0.2, 0) is 6.18 Å². The standard InChI is InChI=1S/C13H13F3N4S/c1-7-3-4-9(5-8(7)2)21-11-6-10(13(14,15)16)18-12(19-11)20-17/h3-6H,17H2,1-2H3,(H,18,19,20). The van der Waals surface area contributed by atoms with Gasteiger partial charge in [-0.05, 0) is 37.1 Å². The Kier molecular flexibility index (Phi) is 4.38. The predicted octanol–water partition coefficient (Wildman–Crippen LogP) is 3.55. The van der Waals surface area contributed by atoms with Crippen molar-refractivity contribution in [3.8, 4) is 0 Å². The zero-order valence-corrected chi connectivity index (χ0v) is 12.1. The third-order valence-corrected chi connectivity index (χ3v) is 3.73. The fraction of sp³-hybridized carbons (Fsp3) is 0.231. The minimum atomic E-state index is -4.55. The molecular weight excluding hydrogens is 301 g/mol. The number of hydrazine groups is 1. The van der Waals surface area contributed by atoms with Crippen molar-refractivity contribution < 1.29 is 13.2 Å². The van der Waals surface area contributed by atoms with E-state index in [1.165, 1.54) is 0 Å². The quantitative estimate of drug-likeness (QED) is 0.515. The Labute approximate surface area is 124 Å². The number of rotatable bonds is 3. The van der Waals surface area contributed by atoms with E-state index in [2.05, 4.69) is 15.4 Å². The van der Waals surface area contributed by atoms with Crippen LogP contribution in [-0.4, -0.2) is 9.97 Å². The number of aryl methyl sites for hydroxylation is 2. The summed E-state index contributed by atoms with van der Waals surface area (Å²) in [6, 6.07) is 6.54. The second kappa shape index (κ2) is 5.90. The SMILES string of the molecule is Cc1ccc(Sc2cc(C(F)(F)F)nc(NN)n2)cc1C. The van der Waals surface area contributed by atoms with Gasteiger partial charge in [0.25, 0.3) is 0 Å². The molecule has 2 rings (SSSR count). The summed E-state index contributed by atoms with van der Waals surface area (Å²) in [5, 5.41) is 0.175. The van der Waals surface area contributed by atoms with E-state index in [4.69, 9.17) is 5.84 Å². The molecule has 1 aromatic heterocycles. The van der Waals surface area contributed by atoms with E-state index in [9.17, 15) is 13.2 Å². The van der Waals surface area contributed by atoms with Gasteiger partial charge in [-0.2, -0.15) is 13.2 Å². The largest absolute Gasteiger partial charge is 0.433 e. The van der Waals surface area contributed by atoms with E-state index < -0.39 is 11.9 Å². The number of anilines is 1. The first-order valence-electron chi connectivity index (χ1n) is 5.97. The molecule has 0 aliphatic carbocycles. The van der Waals surface area contributed by atoms with Gasteiger partial charge in [-0.25, -0.2) is 15.8 Å². The van der Waals surface area contributed by atoms with E-state index >= 15 is 0 Å². The first-order chi connectivity index (χ1) is 9.79. The van der Waals surface area contributed by atoms with Crippen LogP contribution in [0.2, 0.25) is 0 Å². The number of nitrogens with one attached hydrogen (secondary N) is 1. The molecule has 4 nitrogen and oxygen atoms in total. The number of hydrogen-bond donors (Lipinski definition) is 2. The van der Waals surface area contributed by atoms with Gasteiger partial charge >= 0.3 is 6.18 Å². The van der Waals surface area contributed by atoms with Crippen molar-refractivity contribution in [2.45, 2.75) is 29.9 Å². The molecule has 112 valence electrons. The monoisotopic (exact) mass is 314 g/mol. The Hall–Kier alpha value is -1.80. The number of nitrogens with zero attached hydrogens (tertiary/aromatic N) is 2. The summed E-state index contributed by atoms with van der Waals surface area (Å²) in [4.78, 5) is 8.04. The highest BCUT2D eigenvalue weighted by Crippen LogP contribution is 2.33. The first-order valence-corrected chi connectivity index (χ1v) is 6.79. The van der Waals surface area contributed by atoms with E-state index in [1.54, 1.807) is 0 Å². The molecule has 0 saturated heterocycles. The third-order valence-electron chi connectivity index (χ3n) is 2.82. The molecule has 0 aliphatic heterocycles. The van der Waals surface area contributed by atoms with Gasteiger partial charge in [0.2, 0.25) is 5.95 Å². The van der Waals surface area contributed by atoms with Gasteiger partial charge in [0, 0.05) is 11.0 Å². The zero-order chi connectivity index (χ0) is 15.6. The number of nitrogens with two attached hydrogens (primary N) is 1. The lowest BCUT2D eigenvalue weighted by molar-refractivity contribution is -0.141. The molecule has 3 N–H and O–H groups in total.